The highest BCUT2D eigenvalue weighted by Gasteiger charge is 1.88. The summed E-state index contributed by atoms with van der Waals surface area (Å²) in [6.45, 7) is 0.865. The third-order valence-electron chi connectivity index (χ3n) is 0.770. The highest BCUT2D eigenvalue weighted by molar-refractivity contribution is 5.56. The van der Waals surface area contributed by atoms with Crippen LogP contribution < -0.4 is 0 Å². The molecular formula is C5H7N2. The molecule has 2 heteroatoms. The van der Waals surface area contributed by atoms with Crippen LogP contribution in [-0.2, 0) is 0 Å². The molecule has 0 saturated carbocycles. The van der Waals surface area contributed by atoms with Gasteiger partial charge in [-0.3, -0.25) is 0 Å². The molecule has 0 N–H and O–H groups in total. The summed E-state index contributed by atoms with van der Waals surface area (Å²) >= 11 is 0. The molecule has 0 unspecified atom stereocenters. The summed E-state index contributed by atoms with van der Waals surface area (Å²) in [5.41, 5.74) is 0. The maximum Gasteiger partial charge on any atom is 0.0905 e. The summed E-state index contributed by atoms with van der Waals surface area (Å²) in [5, 5.41) is 0. The lowest BCUT2D eigenvalue weighted by Gasteiger charge is -2.09. The largest absolute Gasteiger partial charge is 0.361 e. The molecule has 1 aliphatic rings. The van der Waals surface area contributed by atoms with Crippen molar-refractivity contribution in [3.05, 3.63) is 12.3 Å². The molecule has 0 aromatic rings. The van der Waals surface area contributed by atoms with Crippen molar-refractivity contribution < 1.29 is 0 Å². The molecule has 0 fully saturated rings. The Labute approximate surface area is 43.2 Å². The summed E-state index contributed by atoms with van der Waals surface area (Å²) < 4.78 is 0. The molecule has 0 aliphatic carbocycles. The number of likely N-dealkylation sites (N-methyl/N-ethyl adjacent to an activating group) is 1. The molecule has 1 radical (unpaired) electrons. The van der Waals surface area contributed by atoms with E-state index in [1.54, 1.807) is 12.5 Å². The first-order valence-corrected chi connectivity index (χ1v) is 2.18. The average Bonchev–Trinajstić information content (AvgIpc) is 1.69. The van der Waals surface area contributed by atoms with Crippen LogP contribution in [0.15, 0.2) is 11.2 Å². The zero-order valence-corrected chi connectivity index (χ0v) is 4.26. The van der Waals surface area contributed by atoms with E-state index in [0.29, 0.717) is 0 Å². The number of aliphatic imine (C=N–C) groups is 1. The van der Waals surface area contributed by atoms with E-state index in [0.717, 1.165) is 6.54 Å². The molecule has 0 spiro atoms. The van der Waals surface area contributed by atoms with E-state index < -0.39 is 0 Å². The van der Waals surface area contributed by atoms with Crippen molar-refractivity contribution in [3.63, 3.8) is 0 Å². The fourth-order valence-electron chi connectivity index (χ4n) is 0.425. The zero-order valence-electron chi connectivity index (χ0n) is 4.26. The van der Waals surface area contributed by atoms with E-state index in [-0.39, 0.29) is 0 Å². The molecule has 0 atom stereocenters. The standard InChI is InChI=1S/C5H7N2/c1-7-4-2-3-6-5-7/h3,5H,4H2,1H3. The lowest BCUT2D eigenvalue weighted by molar-refractivity contribution is 0.566. The SMILES string of the molecule is CN1C=NC=[C]C1. The maximum absolute atomic E-state index is 3.82. The molecule has 0 aromatic heterocycles. The molecular weight excluding hydrogens is 88.1 g/mol. The van der Waals surface area contributed by atoms with Gasteiger partial charge in [0.05, 0.1) is 6.34 Å². The van der Waals surface area contributed by atoms with Gasteiger partial charge < -0.3 is 4.90 Å². The summed E-state index contributed by atoms with van der Waals surface area (Å²) in [7, 11) is 1.96. The molecule has 1 heterocycles. The van der Waals surface area contributed by atoms with Crippen LogP contribution in [0.5, 0.6) is 0 Å². The number of hydrogen-bond acceptors (Lipinski definition) is 2. The minimum atomic E-state index is 0.865. The van der Waals surface area contributed by atoms with Gasteiger partial charge in [0.25, 0.3) is 0 Å². The van der Waals surface area contributed by atoms with Gasteiger partial charge in [0.15, 0.2) is 0 Å². The minimum Gasteiger partial charge on any atom is -0.361 e. The fourth-order valence-corrected chi connectivity index (χ4v) is 0.425. The summed E-state index contributed by atoms with van der Waals surface area (Å²) in [5.74, 6) is 0. The Morgan fingerprint density at radius 1 is 1.86 bits per heavy atom. The molecule has 1 rings (SSSR count). The third kappa shape index (κ3) is 1.03. The Bertz CT molecular complexity index is 105. The minimum absolute atomic E-state index is 0.865. The molecule has 37 valence electrons. The molecule has 0 aromatic carbocycles. The second kappa shape index (κ2) is 1.78. The second-order valence-electron chi connectivity index (χ2n) is 1.51. The molecule has 1 aliphatic heterocycles. The van der Waals surface area contributed by atoms with Gasteiger partial charge in [-0.1, -0.05) is 0 Å². The highest BCUT2D eigenvalue weighted by Crippen LogP contribution is 1.84. The van der Waals surface area contributed by atoms with Gasteiger partial charge in [0, 0.05) is 19.8 Å². The quantitative estimate of drug-likeness (QED) is 0.422. The van der Waals surface area contributed by atoms with E-state index >= 15 is 0 Å². The van der Waals surface area contributed by atoms with Crippen LogP contribution in [-0.4, -0.2) is 24.8 Å². The normalized spacial score (nSPS) is 18.1. The van der Waals surface area contributed by atoms with Gasteiger partial charge >= 0.3 is 0 Å². The topological polar surface area (TPSA) is 15.6 Å². The van der Waals surface area contributed by atoms with E-state index in [4.69, 9.17) is 0 Å². The predicted molar refractivity (Wildman–Crippen MR) is 28.9 cm³/mol. The Balaban J connectivity index is 2.49. The maximum atomic E-state index is 3.82. The molecule has 0 bridgehead atoms. The van der Waals surface area contributed by atoms with Crippen LogP contribution >= 0.6 is 0 Å². The summed E-state index contributed by atoms with van der Waals surface area (Å²) in [4.78, 5) is 5.78. The van der Waals surface area contributed by atoms with E-state index in [2.05, 4.69) is 11.1 Å². The van der Waals surface area contributed by atoms with Gasteiger partial charge in [0.2, 0.25) is 0 Å². The van der Waals surface area contributed by atoms with E-state index in [1.807, 2.05) is 11.9 Å². The molecule has 7 heavy (non-hydrogen) atoms. The van der Waals surface area contributed by atoms with Crippen LogP contribution in [0.4, 0.5) is 0 Å². The first-order valence-electron chi connectivity index (χ1n) is 2.18. The van der Waals surface area contributed by atoms with Crippen LogP contribution in [0, 0.1) is 6.08 Å². The van der Waals surface area contributed by atoms with Crippen molar-refractivity contribution >= 4 is 6.34 Å². The van der Waals surface area contributed by atoms with Crippen LogP contribution in [0.1, 0.15) is 0 Å². The van der Waals surface area contributed by atoms with Gasteiger partial charge in [0.1, 0.15) is 0 Å². The summed E-state index contributed by atoms with van der Waals surface area (Å²) in [6, 6.07) is 0. The number of rotatable bonds is 0. The number of nitrogens with zero attached hydrogens (tertiary/aromatic N) is 2. The van der Waals surface area contributed by atoms with Crippen molar-refractivity contribution in [2.24, 2.45) is 4.99 Å². The predicted octanol–water partition coefficient (Wildman–Crippen LogP) is 0.277. The second-order valence-corrected chi connectivity index (χ2v) is 1.51. The average molecular weight is 95.1 g/mol. The number of hydrogen-bond donors (Lipinski definition) is 0. The highest BCUT2D eigenvalue weighted by atomic mass is 15.1. The van der Waals surface area contributed by atoms with Gasteiger partial charge in [-0.2, -0.15) is 0 Å². The van der Waals surface area contributed by atoms with Crippen molar-refractivity contribution in [2.45, 2.75) is 0 Å². The van der Waals surface area contributed by atoms with Gasteiger partial charge in [-0.15, -0.1) is 0 Å². The fraction of sp³-hybridized carbons (Fsp3) is 0.400. The van der Waals surface area contributed by atoms with E-state index in [1.165, 1.54) is 0 Å². The van der Waals surface area contributed by atoms with Gasteiger partial charge in [-0.25, -0.2) is 4.99 Å². The molecule has 2 nitrogen and oxygen atoms in total. The van der Waals surface area contributed by atoms with Crippen LogP contribution in [0.2, 0.25) is 0 Å². The smallest absolute Gasteiger partial charge is 0.0905 e. The Kier molecular flexibility index (Phi) is 1.11. The summed E-state index contributed by atoms with van der Waals surface area (Å²) in [6.07, 6.45) is 6.39. The monoisotopic (exact) mass is 95.1 g/mol. The van der Waals surface area contributed by atoms with Crippen molar-refractivity contribution in [3.8, 4) is 0 Å². The van der Waals surface area contributed by atoms with Gasteiger partial charge in [-0.05, 0) is 6.08 Å². The van der Waals surface area contributed by atoms with Crippen molar-refractivity contribution in [1.29, 1.82) is 0 Å². The Morgan fingerprint density at radius 3 is 3.00 bits per heavy atom. The van der Waals surface area contributed by atoms with Crippen molar-refractivity contribution in [2.75, 3.05) is 13.6 Å². The van der Waals surface area contributed by atoms with E-state index in [9.17, 15) is 0 Å². The van der Waals surface area contributed by atoms with Crippen LogP contribution in [0.3, 0.4) is 0 Å². The van der Waals surface area contributed by atoms with Crippen LogP contribution in [0.25, 0.3) is 0 Å². The molecule has 0 saturated heterocycles. The molecule has 0 amide bonds. The Hall–Kier alpha value is -0.790. The lowest BCUT2D eigenvalue weighted by atomic mass is 10.5. The lowest BCUT2D eigenvalue weighted by Crippen LogP contribution is -2.17. The van der Waals surface area contributed by atoms with Crippen molar-refractivity contribution in [1.82, 2.24) is 4.90 Å². The Morgan fingerprint density at radius 2 is 2.71 bits per heavy atom. The third-order valence-corrected chi connectivity index (χ3v) is 0.770. The first kappa shape index (κ1) is 4.37. The zero-order chi connectivity index (χ0) is 5.11. The first-order chi connectivity index (χ1) is 3.39.